The minimum Gasteiger partial charge on any atom is -0.381 e. The first-order valence-electron chi connectivity index (χ1n) is 6.52. The molecule has 0 saturated heterocycles. The lowest BCUT2D eigenvalue weighted by Crippen LogP contribution is -2.19. The number of hydrogen-bond acceptors (Lipinski definition) is 2. The molecule has 0 spiro atoms. The van der Waals surface area contributed by atoms with Crippen molar-refractivity contribution in [2.75, 3.05) is 5.32 Å². The maximum atomic E-state index is 11.2. The van der Waals surface area contributed by atoms with Crippen LogP contribution in [0.3, 0.4) is 0 Å². The summed E-state index contributed by atoms with van der Waals surface area (Å²) in [7, 11) is 0. The van der Waals surface area contributed by atoms with Gasteiger partial charge in [-0.15, -0.1) is 0 Å². The summed E-state index contributed by atoms with van der Waals surface area (Å²) in [6, 6.07) is 5.58. The van der Waals surface area contributed by atoms with E-state index in [-0.39, 0.29) is 0 Å². The van der Waals surface area contributed by atoms with Crippen LogP contribution >= 0.6 is 11.6 Å². The minimum atomic E-state index is -0.421. The normalized spacial score (nSPS) is 17.2. The van der Waals surface area contributed by atoms with Crippen molar-refractivity contribution >= 4 is 23.2 Å². The van der Waals surface area contributed by atoms with Gasteiger partial charge in [0.25, 0.3) is 0 Å². The summed E-state index contributed by atoms with van der Waals surface area (Å²) in [6.45, 7) is 0. The van der Waals surface area contributed by atoms with E-state index in [1.807, 2.05) is 0 Å². The second-order valence-electron chi connectivity index (χ2n) is 4.89. The van der Waals surface area contributed by atoms with Crippen LogP contribution in [0, 0.1) is 0 Å². The standard InChI is InChI=1S/C14H19ClN2O/c15-12-8-7-10(14(16)18)9-13(12)17-11-5-3-1-2-4-6-11/h7-9,11,17H,1-6H2,(H2,16,18). The zero-order chi connectivity index (χ0) is 13.0. The monoisotopic (exact) mass is 266 g/mol. The van der Waals surface area contributed by atoms with Crippen LogP contribution in [0.25, 0.3) is 0 Å². The molecule has 1 fully saturated rings. The summed E-state index contributed by atoms with van der Waals surface area (Å²) in [5.41, 5.74) is 6.60. The van der Waals surface area contributed by atoms with Crippen molar-refractivity contribution in [3.63, 3.8) is 0 Å². The molecule has 1 aromatic rings. The zero-order valence-electron chi connectivity index (χ0n) is 10.4. The van der Waals surface area contributed by atoms with Gasteiger partial charge in [0.2, 0.25) is 5.91 Å². The number of anilines is 1. The first-order valence-corrected chi connectivity index (χ1v) is 6.90. The number of halogens is 1. The maximum Gasteiger partial charge on any atom is 0.248 e. The van der Waals surface area contributed by atoms with E-state index in [2.05, 4.69) is 5.32 Å². The Morgan fingerprint density at radius 1 is 1.22 bits per heavy atom. The molecule has 1 aliphatic carbocycles. The Kier molecular flexibility index (Phi) is 4.48. The van der Waals surface area contributed by atoms with Crippen LogP contribution in [-0.4, -0.2) is 11.9 Å². The van der Waals surface area contributed by atoms with Gasteiger partial charge in [0.15, 0.2) is 0 Å². The van der Waals surface area contributed by atoms with E-state index in [0.29, 0.717) is 16.6 Å². The van der Waals surface area contributed by atoms with Gasteiger partial charge in [0.1, 0.15) is 0 Å². The van der Waals surface area contributed by atoms with Gasteiger partial charge in [0, 0.05) is 11.6 Å². The smallest absolute Gasteiger partial charge is 0.248 e. The fourth-order valence-corrected chi connectivity index (χ4v) is 2.60. The van der Waals surface area contributed by atoms with Gasteiger partial charge < -0.3 is 11.1 Å². The number of primary amides is 1. The molecule has 0 heterocycles. The molecule has 0 aliphatic heterocycles. The molecule has 18 heavy (non-hydrogen) atoms. The van der Waals surface area contributed by atoms with E-state index in [0.717, 1.165) is 18.5 Å². The number of nitrogens with one attached hydrogen (secondary N) is 1. The van der Waals surface area contributed by atoms with E-state index in [1.54, 1.807) is 18.2 Å². The van der Waals surface area contributed by atoms with Gasteiger partial charge in [-0.3, -0.25) is 4.79 Å². The molecule has 3 nitrogen and oxygen atoms in total. The molecule has 2 rings (SSSR count). The molecular weight excluding hydrogens is 248 g/mol. The van der Waals surface area contributed by atoms with Crippen LogP contribution in [0.2, 0.25) is 5.02 Å². The highest BCUT2D eigenvalue weighted by Gasteiger charge is 2.14. The average molecular weight is 267 g/mol. The maximum absolute atomic E-state index is 11.2. The van der Waals surface area contributed by atoms with Crippen molar-refractivity contribution in [3.8, 4) is 0 Å². The summed E-state index contributed by atoms with van der Waals surface area (Å²) in [5.74, 6) is -0.421. The van der Waals surface area contributed by atoms with Crippen LogP contribution in [0.15, 0.2) is 18.2 Å². The molecule has 0 unspecified atom stereocenters. The van der Waals surface area contributed by atoms with Gasteiger partial charge in [-0.25, -0.2) is 0 Å². The Labute approximate surface area is 113 Å². The summed E-state index contributed by atoms with van der Waals surface area (Å²) in [4.78, 5) is 11.2. The van der Waals surface area contributed by atoms with Crippen molar-refractivity contribution in [3.05, 3.63) is 28.8 Å². The van der Waals surface area contributed by atoms with E-state index >= 15 is 0 Å². The fourth-order valence-electron chi connectivity index (χ4n) is 2.43. The first kappa shape index (κ1) is 13.2. The molecule has 98 valence electrons. The first-order chi connectivity index (χ1) is 8.66. The summed E-state index contributed by atoms with van der Waals surface area (Å²) in [6.07, 6.45) is 7.46. The number of benzene rings is 1. The van der Waals surface area contributed by atoms with Crippen LogP contribution in [0.1, 0.15) is 48.9 Å². The van der Waals surface area contributed by atoms with Crippen molar-refractivity contribution in [2.45, 2.75) is 44.6 Å². The molecule has 0 aromatic heterocycles. The number of nitrogens with two attached hydrogens (primary N) is 1. The second-order valence-corrected chi connectivity index (χ2v) is 5.30. The van der Waals surface area contributed by atoms with E-state index < -0.39 is 5.91 Å². The highest BCUT2D eigenvalue weighted by atomic mass is 35.5. The number of amides is 1. The molecule has 0 bridgehead atoms. The van der Waals surface area contributed by atoms with Crippen LogP contribution in [0.4, 0.5) is 5.69 Å². The van der Waals surface area contributed by atoms with Crippen LogP contribution < -0.4 is 11.1 Å². The quantitative estimate of drug-likeness (QED) is 0.822. The third kappa shape index (κ3) is 3.39. The Balaban J connectivity index is 2.11. The largest absolute Gasteiger partial charge is 0.381 e. The lowest BCUT2D eigenvalue weighted by atomic mass is 10.1. The van der Waals surface area contributed by atoms with Crippen LogP contribution in [0.5, 0.6) is 0 Å². The third-order valence-electron chi connectivity index (χ3n) is 3.47. The molecular formula is C14H19ClN2O. The van der Waals surface area contributed by atoms with Gasteiger partial charge in [-0.1, -0.05) is 37.3 Å². The van der Waals surface area contributed by atoms with Crippen LogP contribution in [-0.2, 0) is 0 Å². The lowest BCUT2D eigenvalue weighted by molar-refractivity contribution is 0.100. The van der Waals surface area contributed by atoms with Gasteiger partial charge in [-0.05, 0) is 31.0 Å². The second kappa shape index (κ2) is 6.10. The molecule has 4 heteroatoms. The lowest BCUT2D eigenvalue weighted by Gasteiger charge is -2.19. The Morgan fingerprint density at radius 3 is 2.50 bits per heavy atom. The number of carbonyl (C=O) groups excluding carboxylic acids is 1. The zero-order valence-corrected chi connectivity index (χ0v) is 11.2. The van der Waals surface area contributed by atoms with Crippen molar-refractivity contribution in [2.24, 2.45) is 5.73 Å². The van der Waals surface area contributed by atoms with Gasteiger partial charge in [0.05, 0.1) is 10.7 Å². The number of rotatable bonds is 3. The van der Waals surface area contributed by atoms with Crippen molar-refractivity contribution < 1.29 is 4.79 Å². The molecule has 1 saturated carbocycles. The predicted octanol–water partition coefficient (Wildman–Crippen LogP) is 3.57. The predicted molar refractivity (Wildman–Crippen MR) is 75.1 cm³/mol. The fraction of sp³-hybridized carbons (Fsp3) is 0.500. The van der Waals surface area contributed by atoms with Gasteiger partial charge >= 0.3 is 0 Å². The number of carbonyl (C=O) groups is 1. The highest BCUT2D eigenvalue weighted by Crippen LogP contribution is 2.27. The van der Waals surface area contributed by atoms with Gasteiger partial charge in [-0.2, -0.15) is 0 Å². The summed E-state index contributed by atoms with van der Waals surface area (Å²) < 4.78 is 0. The summed E-state index contributed by atoms with van der Waals surface area (Å²) in [5, 5.41) is 4.09. The third-order valence-corrected chi connectivity index (χ3v) is 3.80. The van der Waals surface area contributed by atoms with E-state index in [1.165, 1.54) is 25.7 Å². The Bertz CT molecular complexity index is 426. The topological polar surface area (TPSA) is 55.1 Å². The number of hydrogen-bond donors (Lipinski definition) is 2. The summed E-state index contributed by atoms with van der Waals surface area (Å²) >= 11 is 6.15. The molecule has 1 aromatic carbocycles. The average Bonchev–Trinajstić information content (AvgIpc) is 2.60. The molecule has 1 amide bonds. The molecule has 0 atom stereocenters. The molecule has 0 radical (unpaired) electrons. The van der Waals surface area contributed by atoms with E-state index in [4.69, 9.17) is 17.3 Å². The Morgan fingerprint density at radius 2 is 1.89 bits per heavy atom. The molecule has 1 aliphatic rings. The molecule has 3 N–H and O–H groups in total. The SMILES string of the molecule is NC(=O)c1ccc(Cl)c(NC2CCCCCC2)c1. The van der Waals surface area contributed by atoms with Crippen molar-refractivity contribution in [1.29, 1.82) is 0 Å². The van der Waals surface area contributed by atoms with E-state index in [9.17, 15) is 4.79 Å². The minimum absolute atomic E-state index is 0.421. The van der Waals surface area contributed by atoms with Crippen molar-refractivity contribution in [1.82, 2.24) is 0 Å². The Hall–Kier alpha value is -1.22. The highest BCUT2D eigenvalue weighted by molar-refractivity contribution is 6.33.